The number of aliphatic hydroxyl groups excluding tert-OH is 1. The van der Waals surface area contributed by atoms with Gasteiger partial charge in [0.1, 0.15) is 10.7 Å². The summed E-state index contributed by atoms with van der Waals surface area (Å²) in [5, 5.41) is 9.00. The molecule has 0 heterocycles. The van der Waals surface area contributed by atoms with Crippen LogP contribution in [0.4, 0.5) is 4.39 Å². The van der Waals surface area contributed by atoms with Crippen molar-refractivity contribution in [2.75, 3.05) is 18.6 Å². The van der Waals surface area contributed by atoms with E-state index in [9.17, 15) is 12.8 Å². The zero-order chi connectivity index (χ0) is 14.5. The van der Waals surface area contributed by atoms with E-state index in [1.165, 1.54) is 12.1 Å². The van der Waals surface area contributed by atoms with Crippen LogP contribution in [-0.4, -0.2) is 32.1 Å². The average Bonchev–Trinajstić information content (AvgIpc) is 2.37. The molecule has 4 nitrogen and oxygen atoms in total. The van der Waals surface area contributed by atoms with E-state index in [2.05, 4.69) is 20.7 Å². The highest BCUT2D eigenvalue weighted by Crippen LogP contribution is 2.24. The van der Waals surface area contributed by atoms with E-state index in [0.717, 1.165) is 5.75 Å². The quantitative estimate of drug-likeness (QED) is 0.720. The third-order valence-electron chi connectivity index (χ3n) is 2.36. The molecule has 1 aromatic carbocycles. The number of rotatable bonds is 7. The number of hydrogen-bond donors (Lipinski definition) is 2. The minimum atomic E-state index is -3.90. The number of benzene rings is 1. The van der Waals surface area contributed by atoms with Crippen LogP contribution in [0.25, 0.3) is 0 Å². The lowest BCUT2D eigenvalue weighted by molar-refractivity contribution is 0.274. The molecular formula is C11H15BrFNO3S2. The third kappa shape index (κ3) is 4.71. The molecule has 0 fully saturated rings. The molecule has 0 saturated carbocycles. The molecule has 0 aliphatic heterocycles. The predicted octanol–water partition coefficient (Wildman–Crippen LogP) is 2.11. The van der Waals surface area contributed by atoms with Crippen molar-refractivity contribution in [3.63, 3.8) is 0 Å². The Kier molecular flexibility index (Phi) is 6.75. The summed E-state index contributed by atoms with van der Waals surface area (Å²) in [5.41, 5.74) is -0.0566. The maximum absolute atomic E-state index is 13.9. The van der Waals surface area contributed by atoms with Crippen LogP contribution in [0.1, 0.15) is 12.0 Å². The second kappa shape index (κ2) is 7.58. The Morgan fingerprint density at radius 2 is 2.16 bits per heavy atom. The molecule has 0 bridgehead atoms. The molecule has 19 heavy (non-hydrogen) atoms. The second-order valence-corrected chi connectivity index (χ2v) is 7.42. The van der Waals surface area contributed by atoms with Crippen molar-refractivity contribution in [3.8, 4) is 0 Å². The highest BCUT2D eigenvalue weighted by atomic mass is 79.9. The van der Waals surface area contributed by atoms with Crippen LogP contribution in [0.3, 0.4) is 0 Å². The number of sulfonamides is 1. The van der Waals surface area contributed by atoms with Gasteiger partial charge >= 0.3 is 0 Å². The van der Waals surface area contributed by atoms with Crippen molar-refractivity contribution in [2.45, 2.75) is 17.9 Å². The Bertz CT molecular complexity index is 537. The summed E-state index contributed by atoms with van der Waals surface area (Å²) < 4.78 is 40.6. The monoisotopic (exact) mass is 371 g/mol. The summed E-state index contributed by atoms with van der Waals surface area (Å²) in [7, 11) is -3.90. The van der Waals surface area contributed by atoms with Gasteiger partial charge in [0.15, 0.2) is 0 Å². The van der Waals surface area contributed by atoms with E-state index in [1.54, 1.807) is 11.8 Å². The van der Waals surface area contributed by atoms with Crippen molar-refractivity contribution < 1.29 is 17.9 Å². The maximum Gasteiger partial charge on any atom is 0.243 e. The van der Waals surface area contributed by atoms with Gasteiger partial charge in [0.05, 0.1) is 6.61 Å². The zero-order valence-electron chi connectivity index (χ0n) is 10.3. The van der Waals surface area contributed by atoms with E-state index in [-0.39, 0.29) is 12.1 Å². The van der Waals surface area contributed by atoms with Gasteiger partial charge in [0.25, 0.3) is 0 Å². The van der Waals surface area contributed by atoms with Crippen LogP contribution in [0.2, 0.25) is 0 Å². The van der Waals surface area contributed by atoms with Gasteiger partial charge in [-0.15, -0.1) is 0 Å². The molecule has 0 spiro atoms. The molecule has 1 aromatic rings. The number of nitrogens with one attached hydrogen (secondary N) is 1. The Hall–Kier alpha value is -0.150. The molecule has 0 amide bonds. The lowest BCUT2D eigenvalue weighted by Gasteiger charge is -2.10. The second-order valence-electron chi connectivity index (χ2n) is 3.78. The van der Waals surface area contributed by atoms with E-state index < -0.39 is 27.3 Å². The molecule has 0 aliphatic carbocycles. The minimum absolute atomic E-state index is 0.0566. The lowest BCUT2D eigenvalue weighted by Crippen LogP contribution is -2.26. The van der Waals surface area contributed by atoms with Gasteiger partial charge in [0, 0.05) is 16.6 Å². The van der Waals surface area contributed by atoms with Crippen molar-refractivity contribution >= 4 is 37.7 Å². The predicted molar refractivity (Wildman–Crippen MR) is 78.2 cm³/mol. The third-order valence-corrected chi connectivity index (χ3v) is 4.97. The summed E-state index contributed by atoms with van der Waals surface area (Å²) in [5.74, 6) is -0.0890. The molecule has 0 aliphatic rings. The Morgan fingerprint density at radius 1 is 1.47 bits per heavy atom. The first-order chi connectivity index (χ1) is 8.92. The van der Waals surface area contributed by atoms with Gasteiger partial charge in [0.2, 0.25) is 10.0 Å². The first kappa shape index (κ1) is 16.9. The Labute approximate surface area is 125 Å². The fraction of sp³-hybridized carbons (Fsp3) is 0.455. The summed E-state index contributed by atoms with van der Waals surface area (Å²) in [6, 6.07) is 2.54. The topological polar surface area (TPSA) is 66.4 Å². The number of hydrogen-bond acceptors (Lipinski definition) is 4. The summed E-state index contributed by atoms with van der Waals surface area (Å²) in [6.45, 7) is -0.302. The van der Waals surface area contributed by atoms with Crippen molar-refractivity contribution in [1.29, 1.82) is 0 Å². The highest BCUT2D eigenvalue weighted by molar-refractivity contribution is 9.10. The minimum Gasteiger partial charge on any atom is -0.392 e. The summed E-state index contributed by atoms with van der Waals surface area (Å²) in [4.78, 5) is -0.449. The molecule has 8 heteroatoms. The van der Waals surface area contributed by atoms with Crippen LogP contribution in [0, 0.1) is 5.82 Å². The lowest BCUT2D eigenvalue weighted by atomic mass is 10.2. The van der Waals surface area contributed by atoms with Crippen LogP contribution in [0.5, 0.6) is 0 Å². The fourth-order valence-electron chi connectivity index (χ4n) is 1.43. The Balaban J connectivity index is 2.98. The number of aliphatic hydroxyl groups is 1. The smallest absolute Gasteiger partial charge is 0.243 e. The summed E-state index contributed by atoms with van der Waals surface area (Å²) in [6.07, 6.45) is 2.60. The first-order valence-electron chi connectivity index (χ1n) is 5.49. The van der Waals surface area contributed by atoms with Crippen molar-refractivity contribution in [1.82, 2.24) is 4.72 Å². The summed E-state index contributed by atoms with van der Waals surface area (Å²) >= 11 is 4.71. The van der Waals surface area contributed by atoms with E-state index >= 15 is 0 Å². The largest absolute Gasteiger partial charge is 0.392 e. The molecule has 0 unspecified atom stereocenters. The molecule has 108 valence electrons. The Morgan fingerprint density at radius 3 is 2.74 bits per heavy atom. The van der Waals surface area contributed by atoms with Crippen LogP contribution >= 0.6 is 27.7 Å². The molecule has 0 radical (unpaired) electrons. The average molecular weight is 372 g/mol. The molecule has 1 rings (SSSR count). The van der Waals surface area contributed by atoms with Gasteiger partial charge < -0.3 is 5.11 Å². The normalized spacial score (nSPS) is 11.8. The molecule has 0 aromatic heterocycles. The molecular weight excluding hydrogens is 357 g/mol. The van der Waals surface area contributed by atoms with E-state index in [0.29, 0.717) is 10.9 Å². The van der Waals surface area contributed by atoms with Gasteiger partial charge in [-0.05, 0) is 30.6 Å². The molecule has 0 saturated heterocycles. The van der Waals surface area contributed by atoms with E-state index in [1.807, 2.05) is 6.26 Å². The van der Waals surface area contributed by atoms with Gasteiger partial charge in [-0.25, -0.2) is 17.5 Å². The SMILES string of the molecule is CSCCCNS(=O)(=O)c1cc(Br)cc(CO)c1F. The van der Waals surface area contributed by atoms with Gasteiger partial charge in [-0.1, -0.05) is 15.9 Å². The standard InChI is InChI=1S/C11H15BrFNO3S2/c1-18-4-2-3-14-19(16,17)10-6-9(12)5-8(7-15)11(10)13/h5-6,14-15H,2-4,7H2,1H3. The highest BCUT2D eigenvalue weighted by Gasteiger charge is 2.21. The molecule has 2 N–H and O–H groups in total. The first-order valence-corrected chi connectivity index (χ1v) is 9.16. The molecule has 0 atom stereocenters. The number of halogens is 2. The van der Waals surface area contributed by atoms with Crippen LogP contribution in [0.15, 0.2) is 21.5 Å². The van der Waals surface area contributed by atoms with Gasteiger partial charge in [-0.2, -0.15) is 11.8 Å². The maximum atomic E-state index is 13.9. The van der Waals surface area contributed by atoms with Crippen LogP contribution < -0.4 is 4.72 Å². The van der Waals surface area contributed by atoms with Gasteiger partial charge in [-0.3, -0.25) is 0 Å². The van der Waals surface area contributed by atoms with Crippen LogP contribution in [-0.2, 0) is 16.6 Å². The van der Waals surface area contributed by atoms with Crippen molar-refractivity contribution in [3.05, 3.63) is 28.0 Å². The van der Waals surface area contributed by atoms with E-state index in [4.69, 9.17) is 5.11 Å². The number of thioether (sulfide) groups is 1. The fourth-order valence-corrected chi connectivity index (χ4v) is 3.74. The van der Waals surface area contributed by atoms with Crippen molar-refractivity contribution in [2.24, 2.45) is 0 Å². The zero-order valence-corrected chi connectivity index (χ0v) is 13.5.